The molecule has 0 spiro atoms. The highest BCUT2D eigenvalue weighted by atomic mass is 35.5. The van der Waals surface area contributed by atoms with Crippen LogP contribution in [0.25, 0.3) is 0 Å². The molecule has 2 aromatic rings. The molecule has 0 fully saturated rings. The van der Waals surface area contributed by atoms with E-state index in [0.717, 1.165) is 5.56 Å². The highest BCUT2D eigenvalue weighted by Crippen LogP contribution is 2.22. The quantitative estimate of drug-likeness (QED) is 0.937. The molecule has 0 amide bonds. The van der Waals surface area contributed by atoms with E-state index in [4.69, 9.17) is 16.9 Å². The fourth-order valence-corrected chi connectivity index (χ4v) is 3.23. The molecular formula is C15H13ClN2O2S. The number of nitrogens with zero attached hydrogens (tertiary/aromatic N) is 1. The molecule has 108 valence electrons. The minimum Gasteiger partial charge on any atom is -0.283 e. The number of hydrogen-bond donors (Lipinski definition) is 1. The van der Waals surface area contributed by atoms with Gasteiger partial charge in [0, 0.05) is 5.02 Å². The van der Waals surface area contributed by atoms with E-state index < -0.39 is 10.0 Å². The van der Waals surface area contributed by atoms with Gasteiger partial charge in [0.2, 0.25) is 10.0 Å². The van der Waals surface area contributed by atoms with E-state index in [1.165, 1.54) is 0 Å². The van der Waals surface area contributed by atoms with Gasteiger partial charge in [0.1, 0.15) is 0 Å². The summed E-state index contributed by atoms with van der Waals surface area (Å²) in [6.45, 7) is 1.80. The van der Waals surface area contributed by atoms with Crippen LogP contribution < -0.4 is 4.72 Å². The van der Waals surface area contributed by atoms with Gasteiger partial charge in [-0.05, 0) is 42.3 Å². The van der Waals surface area contributed by atoms with Gasteiger partial charge in [0.15, 0.2) is 0 Å². The topological polar surface area (TPSA) is 70.0 Å². The molecule has 2 aromatic carbocycles. The second-order valence-corrected chi connectivity index (χ2v) is 6.79. The van der Waals surface area contributed by atoms with Gasteiger partial charge >= 0.3 is 0 Å². The molecule has 1 N–H and O–H groups in total. The maximum Gasteiger partial charge on any atom is 0.236 e. The van der Waals surface area contributed by atoms with Gasteiger partial charge in [-0.15, -0.1) is 0 Å². The largest absolute Gasteiger partial charge is 0.283 e. The summed E-state index contributed by atoms with van der Waals surface area (Å²) in [5, 5.41) is 9.19. The normalized spacial score (nSPS) is 10.9. The van der Waals surface area contributed by atoms with E-state index in [1.54, 1.807) is 49.4 Å². The Morgan fingerprint density at radius 3 is 2.48 bits per heavy atom. The maximum absolute atomic E-state index is 12.2. The van der Waals surface area contributed by atoms with Crippen molar-refractivity contribution in [2.24, 2.45) is 0 Å². The van der Waals surface area contributed by atoms with Crippen molar-refractivity contribution in [3.63, 3.8) is 0 Å². The van der Waals surface area contributed by atoms with Crippen LogP contribution in [0.4, 0.5) is 5.69 Å². The van der Waals surface area contributed by atoms with Crippen molar-refractivity contribution in [1.82, 2.24) is 0 Å². The molecule has 0 unspecified atom stereocenters. The third-order valence-corrected chi connectivity index (χ3v) is 4.38. The van der Waals surface area contributed by atoms with Gasteiger partial charge in [-0.25, -0.2) is 8.42 Å². The second kappa shape index (κ2) is 6.17. The summed E-state index contributed by atoms with van der Waals surface area (Å²) in [6.07, 6.45) is 0. The Kier molecular flexibility index (Phi) is 4.51. The first-order chi connectivity index (χ1) is 9.89. The molecule has 0 saturated carbocycles. The van der Waals surface area contributed by atoms with Crippen LogP contribution in [0.15, 0.2) is 42.5 Å². The van der Waals surface area contributed by atoms with Gasteiger partial charge < -0.3 is 0 Å². The van der Waals surface area contributed by atoms with Crippen LogP contribution in [-0.4, -0.2) is 8.42 Å². The number of anilines is 1. The summed E-state index contributed by atoms with van der Waals surface area (Å²) in [7, 11) is -3.54. The fourth-order valence-electron chi connectivity index (χ4n) is 1.80. The average molecular weight is 321 g/mol. The zero-order chi connectivity index (χ0) is 15.5. The van der Waals surface area contributed by atoms with Crippen molar-refractivity contribution in [2.45, 2.75) is 12.7 Å². The second-order valence-electron chi connectivity index (χ2n) is 4.63. The van der Waals surface area contributed by atoms with Crippen LogP contribution in [0.5, 0.6) is 0 Å². The highest BCUT2D eigenvalue weighted by Gasteiger charge is 2.13. The minimum atomic E-state index is -3.54. The first-order valence-corrected chi connectivity index (χ1v) is 8.18. The van der Waals surface area contributed by atoms with Gasteiger partial charge in [0.25, 0.3) is 0 Å². The molecule has 21 heavy (non-hydrogen) atoms. The molecule has 0 saturated heterocycles. The summed E-state index contributed by atoms with van der Waals surface area (Å²) in [4.78, 5) is 0. The molecule has 0 aliphatic heterocycles. The SMILES string of the molecule is Cc1ccc(Cl)cc1NS(=O)(=O)Cc1ccc(C#N)cc1. The molecule has 0 bridgehead atoms. The summed E-state index contributed by atoms with van der Waals surface area (Å²) in [6, 6.07) is 13.5. The van der Waals surface area contributed by atoms with Crippen molar-refractivity contribution in [2.75, 3.05) is 4.72 Å². The lowest BCUT2D eigenvalue weighted by molar-refractivity contribution is 0.600. The lowest BCUT2D eigenvalue weighted by Crippen LogP contribution is -2.15. The number of benzene rings is 2. The van der Waals surface area contributed by atoms with Crippen LogP contribution in [-0.2, 0) is 15.8 Å². The third kappa shape index (κ3) is 4.22. The Hall–Kier alpha value is -2.03. The smallest absolute Gasteiger partial charge is 0.236 e. The lowest BCUT2D eigenvalue weighted by atomic mass is 10.2. The zero-order valence-electron chi connectivity index (χ0n) is 11.3. The van der Waals surface area contributed by atoms with E-state index >= 15 is 0 Å². The molecule has 2 rings (SSSR count). The highest BCUT2D eigenvalue weighted by molar-refractivity contribution is 7.91. The van der Waals surface area contributed by atoms with Crippen LogP contribution in [0.1, 0.15) is 16.7 Å². The van der Waals surface area contributed by atoms with E-state index in [1.807, 2.05) is 6.07 Å². The number of rotatable bonds is 4. The van der Waals surface area contributed by atoms with Crippen LogP contribution in [0.3, 0.4) is 0 Å². The minimum absolute atomic E-state index is 0.162. The number of halogens is 1. The van der Waals surface area contributed by atoms with E-state index in [2.05, 4.69) is 4.72 Å². The van der Waals surface area contributed by atoms with Crippen molar-refractivity contribution >= 4 is 27.3 Å². The lowest BCUT2D eigenvalue weighted by Gasteiger charge is -2.11. The number of sulfonamides is 1. The summed E-state index contributed by atoms with van der Waals surface area (Å²) < 4.78 is 26.9. The Morgan fingerprint density at radius 2 is 1.86 bits per heavy atom. The number of nitrogens with one attached hydrogen (secondary N) is 1. The Bertz CT molecular complexity index is 793. The van der Waals surface area contributed by atoms with Crippen LogP contribution >= 0.6 is 11.6 Å². The van der Waals surface area contributed by atoms with E-state index in [9.17, 15) is 8.42 Å². The monoisotopic (exact) mass is 320 g/mol. The summed E-state index contributed by atoms with van der Waals surface area (Å²) in [5.74, 6) is -0.162. The third-order valence-electron chi connectivity index (χ3n) is 2.90. The molecule has 0 aromatic heterocycles. The van der Waals surface area contributed by atoms with Gasteiger partial charge in [-0.1, -0.05) is 29.8 Å². The Morgan fingerprint density at radius 1 is 1.19 bits per heavy atom. The van der Waals surface area contributed by atoms with Gasteiger partial charge in [-0.3, -0.25) is 4.72 Å². The average Bonchev–Trinajstić information content (AvgIpc) is 2.43. The van der Waals surface area contributed by atoms with Crippen molar-refractivity contribution in [1.29, 1.82) is 5.26 Å². The molecule has 0 radical (unpaired) electrons. The predicted molar refractivity (Wildman–Crippen MR) is 83.6 cm³/mol. The number of aryl methyl sites for hydroxylation is 1. The maximum atomic E-state index is 12.2. The van der Waals surface area contributed by atoms with Gasteiger partial charge in [-0.2, -0.15) is 5.26 Å². The first-order valence-electron chi connectivity index (χ1n) is 6.15. The Labute approximate surface area is 129 Å². The molecule has 0 heterocycles. The molecule has 0 atom stereocenters. The van der Waals surface area contributed by atoms with Crippen LogP contribution in [0, 0.1) is 18.3 Å². The summed E-state index contributed by atoms with van der Waals surface area (Å²) >= 11 is 5.87. The number of hydrogen-bond acceptors (Lipinski definition) is 3. The van der Waals surface area contributed by atoms with Gasteiger partial charge in [0.05, 0.1) is 23.1 Å². The number of nitriles is 1. The molecule has 0 aliphatic carbocycles. The summed E-state index contributed by atoms with van der Waals surface area (Å²) in [5.41, 5.74) is 2.37. The van der Waals surface area contributed by atoms with E-state index in [0.29, 0.717) is 21.8 Å². The van der Waals surface area contributed by atoms with Crippen molar-refractivity contribution in [3.05, 3.63) is 64.2 Å². The van der Waals surface area contributed by atoms with Crippen molar-refractivity contribution < 1.29 is 8.42 Å². The molecule has 6 heteroatoms. The van der Waals surface area contributed by atoms with Crippen molar-refractivity contribution in [3.8, 4) is 6.07 Å². The van der Waals surface area contributed by atoms with Crippen LogP contribution in [0.2, 0.25) is 5.02 Å². The molecular weight excluding hydrogens is 308 g/mol. The Balaban J connectivity index is 2.18. The van der Waals surface area contributed by atoms with E-state index in [-0.39, 0.29) is 5.75 Å². The standard InChI is InChI=1S/C15H13ClN2O2S/c1-11-2-7-14(16)8-15(11)18-21(19,20)10-13-5-3-12(9-17)4-6-13/h2-8,18H,10H2,1H3. The molecule has 4 nitrogen and oxygen atoms in total. The fraction of sp³-hybridized carbons (Fsp3) is 0.133. The first kappa shape index (κ1) is 15.4. The molecule has 0 aliphatic rings. The predicted octanol–water partition coefficient (Wildman–Crippen LogP) is 3.46. The zero-order valence-corrected chi connectivity index (χ0v) is 12.9.